The van der Waals surface area contributed by atoms with Gasteiger partial charge in [0.05, 0.1) is 10.8 Å². The molecule has 2 N–H and O–H groups in total. The zero-order valence-electron chi connectivity index (χ0n) is 10.9. The average molecular weight is 307 g/mol. The fourth-order valence-corrected chi connectivity index (χ4v) is 3.45. The van der Waals surface area contributed by atoms with E-state index in [1.807, 2.05) is 18.2 Å². The van der Waals surface area contributed by atoms with Gasteiger partial charge in [0.2, 0.25) is 5.91 Å². The van der Waals surface area contributed by atoms with Gasteiger partial charge >= 0.3 is 0 Å². The van der Waals surface area contributed by atoms with Gasteiger partial charge in [-0.2, -0.15) is 0 Å². The number of benzene rings is 1. The second-order valence-corrected chi connectivity index (χ2v) is 6.64. The maximum atomic E-state index is 12.0. The first-order valence-electron chi connectivity index (χ1n) is 6.57. The maximum absolute atomic E-state index is 12.0. The lowest BCUT2D eigenvalue weighted by atomic mass is 10.0. The molecule has 0 spiro atoms. The molecule has 0 bridgehead atoms. The van der Waals surface area contributed by atoms with E-state index in [0.29, 0.717) is 10.8 Å². The summed E-state index contributed by atoms with van der Waals surface area (Å²) in [6.07, 6.45) is 1.42. The van der Waals surface area contributed by atoms with Crippen LogP contribution in [0.5, 0.6) is 0 Å². The van der Waals surface area contributed by atoms with Crippen molar-refractivity contribution in [3.8, 4) is 0 Å². The maximum Gasteiger partial charge on any atom is 0.229 e. The van der Waals surface area contributed by atoms with Gasteiger partial charge < -0.3 is 10.6 Å². The third kappa shape index (κ3) is 3.20. The van der Waals surface area contributed by atoms with Crippen LogP contribution in [0.15, 0.2) is 30.3 Å². The van der Waals surface area contributed by atoms with Crippen LogP contribution < -0.4 is 10.6 Å². The molecule has 0 saturated heterocycles. The van der Waals surface area contributed by atoms with Gasteiger partial charge in [-0.3, -0.25) is 4.79 Å². The van der Waals surface area contributed by atoms with Crippen molar-refractivity contribution in [3.05, 3.63) is 50.7 Å². The molecule has 1 aliphatic rings. The number of anilines is 1. The lowest BCUT2D eigenvalue weighted by Crippen LogP contribution is -2.24. The van der Waals surface area contributed by atoms with Crippen LogP contribution in [0.4, 0.5) is 5.69 Å². The molecule has 1 aliphatic heterocycles. The first-order valence-corrected chi connectivity index (χ1v) is 7.77. The van der Waals surface area contributed by atoms with E-state index < -0.39 is 0 Å². The molecule has 5 heteroatoms. The van der Waals surface area contributed by atoms with Crippen molar-refractivity contribution in [1.29, 1.82) is 0 Å². The normalized spacial score (nSPS) is 13.8. The van der Waals surface area contributed by atoms with Crippen molar-refractivity contribution in [2.45, 2.75) is 19.4 Å². The predicted octanol–water partition coefficient (Wildman–Crippen LogP) is 3.23. The Balaban J connectivity index is 1.66. The highest BCUT2D eigenvalue weighted by Gasteiger charge is 2.11. The molecule has 0 aliphatic carbocycles. The number of halogens is 1. The van der Waals surface area contributed by atoms with Crippen molar-refractivity contribution in [2.24, 2.45) is 0 Å². The van der Waals surface area contributed by atoms with Crippen LogP contribution in [-0.2, 0) is 24.2 Å². The Morgan fingerprint density at radius 1 is 1.30 bits per heavy atom. The SMILES string of the molecule is O=C(Cc1ccc(Cl)s1)Nc1ccc2c(c1)CNCC2. The molecule has 3 rings (SSSR count). The number of carbonyl (C=O) groups is 1. The first-order chi connectivity index (χ1) is 9.70. The zero-order valence-corrected chi connectivity index (χ0v) is 12.5. The Morgan fingerprint density at radius 2 is 2.20 bits per heavy atom. The van der Waals surface area contributed by atoms with Crippen LogP contribution in [0.2, 0.25) is 4.34 Å². The average Bonchev–Trinajstić information content (AvgIpc) is 2.83. The lowest BCUT2D eigenvalue weighted by molar-refractivity contribution is -0.115. The molecular formula is C15H15ClN2OS. The Kier molecular flexibility index (Phi) is 4.05. The van der Waals surface area contributed by atoms with Crippen molar-refractivity contribution in [3.63, 3.8) is 0 Å². The number of hydrogen-bond acceptors (Lipinski definition) is 3. The van der Waals surface area contributed by atoms with Gasteiger partial charge in [0.15, 0.2) is 0 Å². The molecule has 1 amide bonds. The Labute approximate surface area is 127 Å². The predicted molar refractivity (Wildman–Crippen MR) is 83.5 cm³/mol. The van der Waals surface area contributed by atoms with Gasteiger partial charge in [0, 0.05) is 17.1 Å². The van der Waals surface area contributed by atoms with E-state index in [-0.39, 0.29) is 5.91 Å². The second kappa shape index (κ2) is 5.95. The largest absolute Gasteiger partial charge is 0.326 e. The summed E-state index contributed by atoms with van der Waals surface area (Å²) in [4.78, 5) is 13.0. The second-order valence-electron chi connectivity index (χ2n) is 4.84. The molecule has 104 valence electrons. The smallest absolute Gasteiger partial charge is 0.229 e. The van der Waals surface area contributed by atoms with Gasteiger partial charge in [0.25, 0.3) is 0 Å². The quantitative estimate of drug-likeness (QED) is 0.914. The number of rotatable bonds is 3. The summed E-state index contributed by atoms with van der Waals surface area (Å²) < 4.78 is 0.715. The summed E-state index contributed by atoms with van der Waals surface area (Å²) in [5.41, 5.74) is 3.50. The number of amides is 1. The molecule has 0 unspecified atom stereocenters. The van der Waals surface area contributed by atoms with Gasteiger partial charge in [-0.25, -0.2) is 0 Å². The fourth-order valence-electron chi connectivity index (χ4n) is 2.37. The van der Waals surface area contributed by atoms with Crippen LogP contribution in [-0.4, -0.2) is 12.5 Å². The molecule has 2 aromatic rings. The molecule has 0 radical (unpaired) electrons. The minimum atomic E-state index is -0.00719. The molecule has 20 heavy (non-hydrogen) atoms. The summed E-state index contributed by atoms with van der Waals surface area (Å²) in [6, 6.07) is 9.85. The number of hydrogen-bond donors (Lipinski definition) is 2. The molecule has 0 saturated carbocycles. The number of thiophene rings is 1. The highest BCUT2D eigenvalue weighted by Crippen LogP contribution is 2.23. The van der Waals surface area contributed by atoms with E-state index in [1.54, 1.807) is 0 Å². The van der Waals surface area contributed by atoms with E-state index in [1.165, 1.54) is 22.5 Å². The Morgan fingerprint density at radius 3 is 3.00 bits per heavy atom. The highest BCUT2D eigenvalue weighted by molar-refractivity contribution is 7.16. The molecule has 1 aromatic heterocycles. The molecule has 1 aromatic carbocycles. The topological polar surface area (TPSA) is 41.1 Å². The minimum Gasteiger partial charge on any atom is -0.326 e. The van der Waals surface area contributed by atoms with Crippen LogP contribution in [0.3, 0.4) is 0 Å². The van der Waals surface area contributed by atoms with Crippen LogP contribution in [0.25, 0.3) is 0 Å². The third-order valence-corrected chi connectivity index (χ3v) is 4.57. The summed E-state index contributed by atoms with van der Waals surface area (Å²) in [5, 5.41) is 6.29. The third-order valence-electron chi connectivity index (χ3n) is 3.34. The van der Waals surface area contributed by atoms with Crippen molar-refractivity contribution in [1.82, 2.24) is 5.32 Å². The van der Waals surface area contributed by atoms with Crippen molar-refractivity contribution >= 4 is 34.5 Å². The number of carbonyl (C=O) groups excluding carboxylic acids is 1. The standard InChI is InChI=1S/C15H15ClN2OS/c16-14-4-3-13(20-14)8-15(19)18-12-2-1-10-5-6-17-9-11(10)7-12/h1-4,7,17H,5-6,8-9H2,(H,18,19). The molecular weight excluding hydrogens is 292 g/mol. The first kappa shape index (κ1) is 13.6. The summed E-state index contributed by atoms with van der Waals surface area (Å²) in [5.74, 6) is -0.00719. The highest BCUT2D eigenvalue weighted by atomic mass is 35.5. The van der Waals surface area contributed by atoms with E-state index in [4.69, 9.17) is 11.6 Å². The summed E-state index contributed by atoms with van der Waals surface area (Å²) in [6.45, 7) is 1.90. The zero-order chi connectivity index (χ0) is 13.9. The summed E-state index contributed by atoms with van der Waals surface area (Å²) in [7, 11) is 0. The van der Waals surface area contributed by atoms with E-state index >= 15 is 0 Å². The minimum absolute atomic E-state index is 0.00719. The van der Waals surface area contributed by atoms with Gasteiger partial charge in [-0.05, 0) is 48.4 Å². The Hall–Kier alpha value is -1.36. The molecule has 3 nitrogen and oxygen atoms in total. The van der Waals surface area contributed by atoms with Crippen LogP contribution in [0, 0.1) is 0 Å². The molecule has 2 heterocycles. The Bertz CT molecular complexity index is 639. The van der Waals surface area contributed by atoms with Crippen molar-refractivity contribution in [2.75, 3.05) is 11.9 Å². The van der Waals surface area contributed by atoms with E-state index in [0.717, 1.165) is 30.1 Å². The molecule has 0 fully saturated rings. The fraction of sp³-hybridized carbons (Fsp3) is 0.267. The lowest BCUT2D eigenvalue weighted by Gasteiger charge is -2.18. The molecule has 0 atom stereocenters. The van der Waals surface area contributed by atoms with E-state index in [9.17, 15) is 4.79 Å². The monoisotopic (exact) mass is 306 g/mol. The summed E-state index contributed by atoms with van der Waals surface area (Å²) >= 11 is 7.31. The van der Waals surface area contributed by atoms with Gasteiger partial charge in [-0.15, -0.1) is 11.3 Å². The van der Waals surface area contributed by atoms with Crippen LogP contribution in [0.1, 0.15) is 16.0 Å². The van der Waals surface area contributed by atoms with Gasteiger partial charge in [-0.1, -0.05) is 17.7 Å². The van der Waals surface area contributed by atoms with Crippen molar-refractivity contribution < 1.29 is 4.79 Å². The number of nitrogens with one attached hydrogen (secondary N) is 2. The van der Waals surface area contributed by atoms with E-state index in [2.05, 4.69) is 22.8 Å². The van der Waals surface area contributed by atoms with Gasteiger partial charge in [0.1, 0.15) is 0 Å². The van der Waals surface area contributed by atoms with Crippen LogP contribution >= 0.6 is 22.9 Å². The number of fused-ring (bicyclic) bond motifs is 1.